The second-order valence-corrected chi connectivity index (χ2v) is 12.5. The van der Waals surface area contributed by atoms with Crippen LogP contribution in [0.25, 0.3) is 22.5 Å². The maximum Gasteiger partial charge on any atom is 0.402 e. The Balaban J connectivity index is 1.31. The van der Waals surface area contributed by atoms with Gasteiger partial charge in [-0.05, 0) is 78.5 Å². The zero-order valence-electron chi connectivity index (χ0n) is 20.1. The van der Waals surface area contributed by atoms with Gasteiger partial charge in [0, 0.05) is 24.2 Å². The number of hydrogen-bond acceptors (Lipinski definition) is 3. The second kappa shape index (κ2) is 8.56. The van der Waals surface area contributed by atoms with Crippen molar-refractivity contribution in [3.8, 4) is 22.5 Å². The number of alkyl halides is 3. The van der Waals surface area contributed by atoms with E-state index in [1.807, 2.05) is 48.1 Å². The third-order valence-corrected chi connectivity index (χ3v) is 10.1. The normalized spacial score (nSPS) is 26.9. The van der Waals surface area contributed by atoms with Crippen LogP contribution < -0.4 is 4.72 Å². The highest BCUT2D eigenvalue weighted by Gasteiger charge is 2.60. The summed E-state index contributed by atoms with van der Waals surface area (Å²) < 4.78 is 69.9. The average molecular weight is 551 g/mol. The van der Waals surface area contributed by atoms with Gasteiger partial charge in [0.1, 0.15) is 6.54 Å². The van der Waals surface area contributed by atoms with E-state index in [2.05, 4.69) is 16.9 Å². The van der Waals surface area contributed by atoms with Crippen LogP contribution in [0.5, 0.6) is 0 Å². The van der Waals surface area contributed by atoms with Gasteiger partial charge in [-0.2, -0.15) is 35.7 Å². The van der Waals surface area contributed by atoms with Crippen LogP contribution in [0.4, 0.5) is 13.2 Å². The van der Waals surface area contributed by atoms with Crippen LogP contribution in [0.3, 0.4) is 0 Å². The number of nitrogens with zero attached hydrogens (tertiary/aromatic N) is 3. The van der Waals surface area contributed by atoms with Gasteiger partial charge in [0.05, 0.1) is 16.9 Å². The summed E-state index contributed by atoms with van der Waals surface area (Å²) in [6.45, 7) is -1.61. The Morgan fingerprint density at radius 1 is 1.03 bits per heavy atom. The van der Waals surface area contributed by atoms with Gasteiger partial charge < -0.3 is 0 Å². The van der Waals surface area contributed by atoms with Gasteiger partial charge in [0.2, 0.25) is 0 Å². The van der Waals surface area contributed by atoms with Crippen LogP contribution >= 0.6 is 11.6 Å². The lowest BCUT2D eigenvalue weighted by atomic mass is 9.79. The summed E-state index contributed by atoms with van der Waals surface area (Å²) in [7, 11) is -2.31. The van der Waals surface area contributed by atoms with Crippen molar-refractivity contribution in [2.45, 2.75) is 37.4 Å². The molecule has 1 saturated heterocycles. The van der Waals surface area contributed by atoms with E-state index >= 15 is 0 Å². The molecule has 0 amide bonds. The number of rotatable bonds is 3. The van der Waals surface area contributed by atoms with Gasteiger partial charge >= 0.3 is 6.18 Å². The number of hydrogen-bond donors (Lipinski definition) is 1. The Kier molecular flexibility index (Phi) is 5.76. The summed E-state index contributed by atoms with van der Waals surface area (Å²) in [4.78, 5) is 0. The molecular formula is C26H26ClF3N4O2S. The predicted octanol–water partition coefficient (Wildman–Crippen LogP) is 4.98. The second-order valence-electron chi connectivity index (χ2n) is 10.4. The van der Waals surface area contributed by atoms with Crippen molar-refractivity contribution in [3.05, 3.63) is 64.7 Å². The van der Waals surface area contributed by atoms with E-state index in [-0.39, 0.29) is 18.4 Å². The summed E-state index contributed by atoms with van der Waals surface area (Å²) in [5.41, 5.74) is 5.07. The first-order chi connectivity index (χ1) is 17.4. The van der Waals surface area contributed by atoms with E-state index in [1.165, 1.54) is 0 Å². The minimum atomic E-state index is -4.59. The van der Waals surface area contributed by atoms with Crippen LogP contribution in [0.2, 0.25) is 5.02 Å². The van der Waals surface area contributed by atoms with Crippen molar-refractivity contribution in [1.82, 2.24) is 18.8 Å². The van der Waals surface area contributed by atoms with E-state index in [9.17, 15) is 21.6 Å². The van der Waals surface area contributed by atoms with Gasteiger partial charge in [0.25, 0.3) is 10.2 Å². The first-order valence-corrected chi connectivity index (χ1v) is 14.0. The van der Waals surface area contributed by atoms with Gasteiger partial charge in [0.15, 0.2) is 0 Å². The van der Waals surface area contributed by atoms with Crippen LogP contribution in [-0.4, -0.2) is 47.3 Å². The number of nitrogens with one attached hydrogen (secondary N) is 1. The Labute approximate surface area is 218 Å². The molecule has 3 aliphatic rings. The molecule has 6 nitrogen and oxygen atoms in total. The molecule has 2 heterocycles. The smallest absolute Gasteiger partial charge is 0.267 e. The molecular weight excluding hydrogens is 525 g/mol. The number of aryl methyl sites for hydroxylation is 1. The van der Waals surface area contributed by atoms with Crippen molar-refractivity contribution in [2.24, 2.45) is 18.9 Å². The van der Waals surface area contributed by atoms with Crippen LogP contribution in [0.15, 0.2) is 48.5 Å². The lowest BCUT2D eigenvalue weighted by molar-refractivity contribution is -0.136. The molecule has 6 rings (SSSR count). The zero-order valence-corrected chi connectivity index (χ0v) is 21.7. The molecule has 3 atom stereocenters. The molecule has 2 aromatic carbocycles. The van der Waals surface area contributed by atoms with Crippen molar-refractivity contribution in [3.63, 3.8) is 0 Å². The SMILES string of the molecule is Cn1nc(-c2ccc3c(c2)C[C@H]2CC[C@@H](C3)[C@]23CN(CC(F)(F)F)S(=O)(=O)N3)cc1-c1ccc(Cl)cc1. The average Bonchev–Trinajstić information content (AvgIpc) is 3.38. The topological polar surface area (TPSA) is 67.2 Å². The predicted molar refractivity (Wildman–Crippen MR) is 135 cm³/mol. The highest BCUT2D eigenvalue weighted by Crippen LogP contribution is 2.51. The Morgan fingerprint density at radius 2 is 1.68 bits per heavy atom. The van der Waals surface area contributed by atoms with Gasteiger partial charge in [-0.25, -0.2) is 0 Å². The quantitative estimate of drug-likeness (QED) is 0.500. The maximum absolute atomic E-state index is 13.1. The van der Waals surface area contributed by atoms with Crippen LogP contribution in [-0.2, 0) is 30.1 Å². The molecule has 0 radical (unpaired) electrons. The van der Waals surface area contributed by atoms with Crippen LogP contribution in [0.1, 0.15) is 24.0 Å². The Morgan fingerprint density at radius 3 is 2.35 bits per heavy atom. The van der Waals surface area contributed by atoms with E-state index in [1.54, 1.807) is 0 Å². The number of fused-ring (bicyclic) bond motifs is 1. The maximum atomic E-state index is 13.1. The Hall–Kier alpha value is -2.40. The fraction of sp³-hybridized carbons (Fsp3) is 0.423. The molecule has 2 bridgehead atoms. The zero-order chi connectivity index (χ0) is 26.2. The fourth-order valence-corrected chi connectivity index (χ4v) is 8.34. The molecule has 2 aliphatic carbocycles. The van der Waals surface area contributed by atoms with Crippen molar-refractivity contribution < 1.29 is 21.6 Å². The molecule has 196 valence electrons. The van der Waals surface area contributed by atoms with E-state index < -0.39 is 28.5 Å². The summed E-state index contributed by atoms with van der Waals surface area (Å²) >= 11 is 6.03. The highest BCUT2D eigenvalue weighted by atomic mass is 35.5. The lowest BCUT2D eigenvalue weighted by Gasteiger charge is -2.33. The number of benzene rings is 2. The first-order valence-electron chi connectivity index (χ1n) is 12.2. The minimum absolute atomic E-state index is 0.0519. The molecule has 1 aromatic heterocycles. The third-order valence-electron chi connectivity index (χ3n) is 8.23. The van der Waals surface area contributed by atoms with Gasteiger partial charge in [-0.15, -0.1) is 0 Å². The minimum Gasteiger partial charge on any atom is -0.267 e. The molecule has 1 aliphatic heterocycles. The summed E-state index contributed by atoms with van der Waals surface area (Å²) in [6.07, 6.45) is -1.78. The molecule has 1 spiro atoms. The lowest BCUT2D eigenvalue weighted by Crippen LogP contribution is -2.52. The van der Waals surface area contributed by atoms with E-state index in [4.69, 9.17) is 16.7 Å². The van der Waals surface area contributed by atoms with Gasteiger partial charge in [-0.3, -0.25) is 4.68 Å². The number of aromatic nitrogens is 2. The standard InChI is InChI=1S/C26H26ClF3N4O2S/c1-33-24(16-4-8-22(27)9-5-16)13-23(31-33)18-3-2-17-11-20-6-7-21(12-19(17)10-18)25(20)14-34(15-26(28,29)30)37(35,36)32-25/h2-5,8-10,13,20-21,32H,6-7,11-12,14-15H2,1H3/t20-,21+,25+/m0/s1. The third kappa shape index (κ3) is 4.37. The van der Waals surface area contributed by atoms with Crippen molar-refractivity contribution in [2.75, 3.05) is 13.1 Å². The monoisotopic (exact) mass is 550 g/mol. The first kappa shape index (κ1) is 24.9. The van der Waals surface area contributed by atoms with Gasteiger partial charge in [-0.1, -0.05) is 35.9 Å². The molecule has 1 saturated carbocycles. The van der Waals surface area contributed by atoms with E-state index in [0.717, 1.165) is 46.5 Å². The number of halogens is 4. The summed E-state index contributed by atoms with van der Waals surface area (Å²) in [5.74, 6) is -0.126. The molecule has 2 fully saturated rings. The molecule has 0 unspecified atom stereocenters. The highest BCUT2D eigenvalue weighted by molar-refractivity contribution is 7.87. The molecule has 37 heavy (non-hydrogen) atoms. The Bertz CT molecular complexity index is 1470. The molecule has 11 heteroatoms. The van der Waals surface area contributed by atoms with Crippen molar-refractivity contribution in [1.29, 1.82) is 0 Å². The molecule has 1 N–H and O–H groups in total. The summed E-state index contributed by atoms with van der Waals surface area (Å²) in [6, 6.07) is 15.8. The fourth-order valence-electron chi connectivity index (χ4n) is 6.50. The summed E-state index contributed by atoms with van der Waals surface area (Å²) in [5, 5.41) is 5.37. The van der Waals surface area contributed by atoms with E-state index in [0.29, 0.717) is 22.2 Å². The largest absolute Gasteiger partial charge is 0.402 e. The molecule has 3 aromatic rings. The van der Waals surface area contributed by atoms with Crippen LogP contribution in [0, 0.1) is 11.8 Å². The van der Waals surface area contributed by atoms with Crippen molar-refractivity contribution >= 4 is 21.8 Å².